The van der Waals surface area contributed by atoms with E-state index in [1.165, 1.54) is 17.0 Å². The number of benzene rings is 1. The summed E-state index contributed by atoms with van der Waals surface area (Å²) >= 11 is 0. The lowest BCUT2D eigenvalue weighted by atomic mass is 10.2. The second-order valence-corrected chi connectivity index (χ2v) is 5.24. The quantitative estimate of drug-likeness (QED) is 0.824. The van der Waals surface area contributed by atoms with Crippen molar-refractivity contribution in [2.24, 2.45) is 0 Å². The Hall–Kier alpha value is -2.55. The Morgan fingerprint density at radius 3 is 2.84 bits per heavy atom. The van der Waals surface area contributed by atoms with Crippen LogP contribution in [0.4, 0.5) is 13.2 Å². The van der Waals surface area contributed by atoms with Crippen molar-refractivity contribution in [1.29, 1.82) is 0 Å². The summed E-state index contributed by atoms with van der Waals surface area (Å²) in [6.45, 7) is 0.111. The zero-order chi connectivity index (χ0) is 18.4. The van der Waals surface area contributed by atoms with E-state index in [9.17, 15) is 18.0 Å². The number of rotatable bonds is 7. The molecular formula is C16H17F3N2O4. The number of hydrogen-bond acceptors (Lipinski definition) is 5. The van der Waals surface area contributed by atoms with Crippen LogP contribution in [0.3, 0.4) is 0 Å². The molecule has 1 aromatic carbocycles. The molecule has 0 spiro atoms. The van der Waals surface area contributed by atoms with E-state index in [1.54, 1.807) is 7.05 Å². The van der Waals surface area contributed by atoms with E-state index in [1.807, 2.05) is 0 Å². The Balaban J connectivity index is 1.97. The van der Waals surface area contributed by atoms with Gasteiger partial charge in [0, 0.05) is 20.2 Å². The fourth-order valence-electron chi connectivity index (χ4n) is 1.99. The van der Waals surface area contributed by atoms with Crippen molar-refractivity contribution in [1.82, 2.24) is 9.88 Å². The van der Waals surface area contributed by atoms with Gasteiger partial charge in [0.05, 0.1) is 5.56 Å². The number of hydrogen-bond donors (Lipinski definition) is 1. The molecule has 2 aromatic rings. The van der Waals surface area contributed by atoms with Crippen molar-refractivity contribution in [3.63, 3.8) is 0 Å². The van der Waals surface area contributed by atoms with Gasteiger partial charge in [-0.3, -0.25) is 4.79 Å². The normalized spacial score (nSPS) is 11.4. The Morgan fingerprint density at radius 1 is 1.40 bits per heavy atom. The molecule has 6 nitrogen and oxygen atoms in total. The third kappa shape index (κ3) is 5.21. The molecule has 0 aliphatic carbocycles. The second kappa shape index (κ2) is 8.02. The maximum atomic E-state index is 12.6. The number of nitrogens with zero attached hydrogens (tertiary/aromatic N) is 2. The van der Waals surface area contributed by atoms with Crippen LogP contribution in [0.15, 0.2) is 34.9 Å². The molecule has 0 unspecified atom stereocenters. The van der Waals surface area contributed by atoms with E-state index in [2.05, 4.69) is 4.98 Å². The van der Waals surface area contributed by atoms with Gasteiger partial charge < -0.3 is 19.2 Å². The molecule has 1 amide bonds. The molecule has 25 heavy (non-hydrogen) atoms. The Kier molecular flexibility index (Phi) is 6.02. The molecule has 0 atom stereocenters. The number of carbonyl (C=O) groups excluding carboxylic acids is 1. The number of aliphatic hydroxyl groups excluding tert-OH is 1. The number of halogens is 3. The number of aliphatic hydroxyl groups is 1. The van der Waals surface area contributed by atoms with Gasteiger partial charge in [-0.05, 0) is 24.6 Å². The van der Waals surface area contributed by atoms with Crippen LogP contribution >= 0.6 is 0 Å². The average molecular weight is 358 g/mol. The van der Waals surface area contributed by atoms with Crippen molar-refractivity contribution < 1.29 is 32.2 Å². The van der Waals surface area contributed by atoms with Crippen LogP contribution in [0.25, 0.3) is 0 Å². The summed E-state index contributed by atoms with van der Waals surface area (Å²) in [5.41, 5.74) is -0.762. The molecule has 0 aliphatic heterocycles. The van der Waals surface area contributed by atoms with Gasteiger partial charge in [0.2, 0.25) is 5.89 Å². The largest absolute Gasteiger partial charge is 0.484 e. The first-order valence-electron chi connectivity index (χ1n) is 7.42. The van der Waals surface area contributed by atoms with Gasteiger partial charge in [-0.1, -0.05) is 6.07 Å². The van der Waals surface area contributed by atoms with Crippen molar-refractivity contribution in [2.45, 2.75) is 19.2 Å². The SMILES string of the molecule is CN(CCCO)C(=O)c1coc(COc2cccc(C(F)(F)F)c2)n1. The summed E-state index contributed by atoms with van der Waals surface area (Å²) < 4.78 is 48.3. The van der Waals surface area contributed by atoms with Crippen molar-refractivity contribution in [3.05, 3.63) is 47.7 Å². The molecule has 0 radical (unpaired) electrons. The lowest BCUT2D eigenvalue weighted by Crippen LogP contribution is -2.28. The molecule has 1 heterocycles. The van der Waals surface area contributed by atoms with Crippen molar-refractivity contribution in [2.75, 3.05) is 20.2 Å². The highest BCUT2D eigenvalue weighted by atomic mass is 19.4. The van der Waals surface area contributed by atoms with E-state index < -0.39 is 11.7 Å². The first-order valence-corrected chi connectivity index (χ1v) is 7.42. The van der Waals surface area contributed by atoms with Gasteiger partial charge in [-0.25, -0.2) is 4.98 Å². The second-order valence-electron chi connectivity index (χ2n) is 5.24. The predicted octanol–water partition coefficient (Wildman–Crippen LogP) is 2.73. The summed E-state index contributed by atoms with van der Waals surface area (Å²) in [5.74, 6) is -0.306. The number of carbonyl (C=O) groups is 1. The Bertz CT molecular complexity index is 715. The van der Waals surface area contributed by atoms with Crippen LogP contribution < -0.4 is 4.74 Å². The lowest BCUT2D eigenvalue weighted by molar-refractivity contribution is -0.137. The highest BCUT2D eigenvalue weighted by Crippen LogP contribution is 2.31. The summed E-state index contributed by atoms with van der Waals surface area (Å²) in [6, 6.07) is 4.43. The zero-order valence-electron chi connectivity index (χ0n) is 13.4. The van der Waals surface area contributed by atoms with Crippen LogP contribution in [0.2, 0.25) is 0 Å². The summed E-state index contributed by atoms with van der Waals surface area (Å²) in [7, 11) is 1.56. The monoisotopic (exact) mass is 358 g/mol. The van der Waals surface area contributed by atoms with E-state index in [0.29, 0.717) is 13.0 Å². The molecule has 0 saturated carbocycles. The van der Waals surface area contributed by atoms with Crippen LogP contribution in [0, 0.1) is 0 Å². The molecule has 1 aromatic heterocycles. The van der Waals surface area contributed by atoms with Crippen LogP contribution in [0.1, 0.15) is 28.4 Å². The lowest BCUT2D eigenvalue weighted by Gasteiger charge is -2.14. The van der Waals surface area contributed by atoms with Crippen LogP contribution in [-0.4, -0.2) is 41.1 Å². The van der Waals surface area contributed by atoms with Gasteiger partial charge in [0.25, 0.3) is 5.91 Å². The van der Waals surface area contributed by atoms with E-state index in [-0.39, 0.29) is 36.5 Å². The molecule has 0 bridgehead atoms. The number of aromatic nitrogens is 1. The van der Waals surface area contributed by atoms with E-state index in [4.69, 9.17) is 14.3 Å². The van der Waals surface area contributed by atoms with Crippen LogP contribution in [0.5, 0.6) is 5.75 Å². The topological polar surface area (TPSA) is 75.8 Å². The average Bonchev–Trinajstić information content (AvgIpc) is 3.05. The number of ether oxygens (including phenoxy) is 1. The standard InChI is InChI=1S/C16H17F3N2O4/c1-21(6-3-7-22)15(23)13-9-25-14(20-13)10-24-12-5-2-4-11(8-12)16(17,18)19/h2,4-5,8-9,22H,3,6-7,10H2,1H3. The number of oxazole rings is 1. The van der Waals surface area contributed by atoms with Crippen molar-refractivity contribution in [3.8, 4) is 5.75 Å². The fraction of sp³-hybridized carbons (Fsp3) is 0.375. The minimum Gasteiger partial charge on any atom is -0.484 e. The Labute approximate surface area is 141 Å². The van der Waals surface area contributed by atoms with Gasteiger partial charge in [-0.15, -0.1) is 0 Å². The van der Waals surface area contributed by atoms with Gasteiger partial charge >= 0.3 is 6.18 Å². The first kappa shape index (κ1) is 18.8. The number of alkyl halides is 3. The molecule has 0 aliphatic rings. The van der Waals surface area contributed by atoms with Gasteiger partial charge in [0.15, 0.2) is 12.3 Å². The molecule has 0 saturated heterocycles. The maximum absolute atomic E-state index is 12.6. The van der Waals surface area contributed by atoms with E-state index >= 15 is 0 Å². The Morgan fingerprint density at radius 2 is 2.16 bits per heavy atom. The third-order valence-electron chi connectivity index (χ3n) is 3.29. The summed E-state index contributed by atoms with van der Waals surface area (Å²) in [4.78, 5) is 17.4. The van der Waals surface area contributed by atoms with Gasteiger partial charge in [-0.2, -0.15) is 13.2 Å². The smallest absolute Gasteiger partial charge is 0.416 e. The first-order chi connectivity index (χ1) is 11.8. The zero-order valence-corrected chi connectivity index (χ0v) is 13.4. The predicted molar refractivity (Wildman–Crippen MR) is 80.9 cm³/mol. The molecular weight excluding hydrogens is 341 g/mol. The summed E-state index contributed by atoms with van der Waals surface area (Å²) in [5, 5.41) is 8.76. The fourth-order valence-corrected chi connectivity index (χ4v) is 1.99. The molecule has 9 heteroatoms. The molecule has 1 N–H and O–H groups in total. The minimum atomic E-state index is -4.46. The van der Waals surface area contributed by atoms with Crippen molar-refractivity contribution >= 4 is 5.91 Å². The van der Waals surface area contributed by atoms with E-state index in [0.717, 1.165) is 18.4 Å². The highest BCUT2D eigenvalue weighted by Gasteiger charge is 2.30. The maximum Gasteiger partial charge on any atom is 0.416 e. The third-order valence-corrected chi connectivity index (χ3v) is 3.29. The molecule has 0 fully saturated rings. The minimum absolute atomic E-state index is 0.0148. The molecule has 136 valence electrons. The highest BCUT2D eigenvalue weighted by molar-refractivity contribution is 5.91. The number of amides is 1. The van der Waals surface area contributed by atoms with Crippen LogP contribution in [-0.2, 0) is 12.8 Å². The summed E-state index contributed by atoms with van der Waals surface area (Å²) in [6.07, 6.45) is -2.87. The molecule has 2 rings (SSSR count). The van der Waals surface area contributed by atoms with Gasteiger partial charge in [0.1, 0.15) is 12.0 Å².